The molecular formula is C20H11F3N2O3S. The van der Waals surface area contributed by atoms with E-state index in [4.69, 9.17) is 10.5 Å². The van der Waals surface area contributed by atoms with Crippen LogP contribution < -0.4 is 0 Å². The Morgan fingerprint density at radius 1 is 0.897 bits per heavy atom. The molecule has 1 N–H and O–H groups in total. The van der Waals surface area contributed by atoms with E-state index in [0.29, 0.717) is 16.3 Å². The zero-order valence-corrected chi connectivity index (χ0v) is 15.4. The van der Waals surface area contributed by atoms with Crippen molar-refractivity contribution >= 4 is 20.9 Å². The lowest BCUT2D eigenvalue weighted by Crippen LogP contribution is -2.08. The molecule has 0 aromatic heterocycles. The average molecular weight is 416 g/mol. The average Bonchev–Trinajstić information content (AvgIpc) is 2.69. The predicted molar refractivity (Wildman–Crippen MR) is 96.9 cm³/mol. The van der Waals surface area contributed by atoms with Gasteiger partial charge in [-0.3, -0.25) is 4.55 Å². The molecule has 0 saturated heterocycles. The first-order valence-corrected chi connectivity index (χ1v) is 9.61. The minimum atomic E-state index is -4.53. The number of fused-ring (bicyclic) bond motifs is 1. The Hall–Kier alpha value is -3.40. The molecule has 9 heteroatoms. The van der Waals surface area contributed by atoms with E-state index in [1.165, 1.54) is 24.3 Å². The van der Waals surface area contributed by atoms with E-state index in [9.17, 15) is 26.1 Å². The van der Waals surface area contributed by atoms with E-state index < -0.39 is 55.6 Å². The van der Waals surface area contributed by atoms with Gasteiger partial charge >= 0.3 is 0 Å². The molecule has 0 aliphatic rings. The highest BCUT2D eigenvalue weighted by molar-refractivity contribution is 7.85. The van der Waals surface area contributed by atoms with Crippen LogP contribution in [0.1, 0.15) is 22.3 Å². The monoisotopic (exact) mass is 416 g/mol. The summed E-state index contributed by atoms with van der Waals surface area (Å²) < 4.78 is 75.3. The van der Waals surface area contributed by atoms with Crippen LogP contribution in [-0.4, -0.2) is 13.0 Å². The van der Waals surface area contributed by atoms with Crippen molar-refractivity contribution in [2.24, 2.45) is 0 Å². The molecule has 0 heterocycles. The Morgan fingerprint density at radius 3 is 2.14 bits per heavy atom. The van der Waals surface area contributed by atoms with Crippen LogP contribution in [0.4, 0.5) is 13.2 Å². The maximum atomic E-state index is 14.5. The summed E-state index contributed by atoms with van der Waals surface area (Å²) in [6, 6.07) is 11.6. The van der Waals surface area contributed by atoms with Gasteiger partial charge in [-0.05, 0) is 41.3 Å². The van der Waals surface area contributed by atoms with Gasteiger partial charge in [0.1, 0.15) is 29.1 Å². The zero-order chi connectivity index (χ0) is 21.3. The third-order valence-electron chi connectivity index (χ3n) is 4.50. The molecule has 3 rings (SSSR count). The molecule has 0 saturated carbocycles. The van der Waals surface area contributed by atoms with Gasteiger partial charge < -0.3 is 0 Å². The number of hydrogen-bond donors (Lipinski definition) is 1. The topological polar surface area (TPSA) is 102 Å². The molecule has 3 aromatic rings. The summed E-state index contributed by atoms with van der Waals surface area (Å²) >= 11 is 0. The summed E-state index contributed by atoms with van der Waals surface area (Å²) in [6.07, 6.45) is -0.526. The molecule has 29 heavy (non-hydrogen) atoms. The van der Waals surface area contributed by atoms with Gasteiger partial charge in [-0.15, -0.1) is 0 Å². The standard InChI is InChI=1S/C20H11F3N2O3S/c21-18-15(19(22)20(23)17(10-25)16(18)9-24)6-5-12-8-13(29(26,27)28)7-11-3-1-2-4-14(11)12/h1-4,7-8H,5-6H2,(H,26,27,28). The number of aryl methyl sites for hydroxylation is 1. The first-order valence-electron chi connectivity index (χ1n) is 8.17. The van der Waals surface area contributed by atoms with Gasteiger partial charge in [0.2, 0.25) is 0 Å². The van der Waals surface area contributed by atoms with Gasteiger partial charge in [-0.1, -0.05) is 24.3 Å². The summed E-state index contributed by atoms with van der Waals surface area (Å²) in [6.45, 7) is 0. The molecule has 0 radical (unpaired) electrons. The number of halogens is 3. The molecule has 0 amide bonds. The van der Waals surface area contributed by atoms with Crippen LogP contribution in [0, 0.1) is 40.1 Å². The van der Waals surface area contributed by atoms with E-state index >= 15 is 0 Å². The van der Waals surface area contributed by atoms with Crippen molar-refractivity contribution in [1.82, 2.24) is 0 Å². The highest BCUT2D eigenvalue weighted by Crippen LogP contribution is 2.28. The Bertz CT molecular complexity index is 1340. The van der Waals surface area contributed by atoms with Gasteiger partial charge in [-0.25, -0.2) is 13.2 Å². The van der Waals surface area contributed by atoms with E-state index in [2.05, 4.69) is 0 Å². The summed E-state index contributed by atoms with van der Waals surface area (Å²) in [7, 11) is -4.53. The largest absolute Gasteiger partial charge is 0.294 e. The SMILES string of the molecule is N#Cc1c(F)c(F)c(CCc2cc(S(=O)(=O)O)cc3ccccc23)c(F)c1C#N. The second kappa shape index (κ2) is 7.55. The molecule has 0 spiro atoms. The molecular weight excluding hydrogens is 405 g/mol. The first kappa shape index (κ1) is 20.3. The minimum Gasteiger partial charge on any atom is -0.282 e. The fourth-order valence-corrected chi connectivity index (χ4v) is 3.68. The molecule has 0 aliphatic carbocycles. The van der Waals surface area contributed by atoms with Crippen LogP contribution in [0.2, 0.25) is 0 Å². The van der Waals surface area contributed by atoms with Crippen molar-refractivity contribution < 1.29 is 26.1 Å². The predicted octanol–water partition coefficient (Wildman–Crippen LogP) is 4.03. The third kappa shape index (κ3) is 3.66. The molecule has 3 aromatic carbocycles. The van der Waals surface area contributed by atoms with Crippen LogP contribution in [0.15, 0.2) is 41.3 Å². The lowest BCUT2D eigenvalue weighted by molar-refractivity contribution is 0.475. The summed E-state index contributed by atoms with van der Waals surface area (Å²) in [4.78, 5) is -0.393. The molecule has 0 fully saturated rings. The third-order valence-corrected chi connectivity index (χ3v) is 5.33. The van der Waals surface area contributed by atoms with Crippen LogP contribution in [0.5, 0.6) is 0 Å². The number of nitriles is 2. The molecule has 0 atom stereocenters. The molecule has 5 nitrogen and oxygen atoms in total. The molecule has 0 unspecified atom stereocenters. The van der Waals surface area contributed by atoms with Crippen molar-refractivity contribution in [1.29, 1.82) is 10.5 Å². The number of rotatable bonds is 4. The maximum Gasteiger partial charge on any atom is 0.294 e. The van der Waals surface area contributed by atoms with Gasteiger partial charge in [0.15, 0.2) is 11.6 Å². The van der Waals surface area contributed by atoms with E-state index in [1.54, 1.807) is 24.3 Å². The van der Waals surface area contributed by atoms with Crippen LogP contribution in [0.3, 0.4) is 0 Å². The molecule has 0 bridgehead atoms. The zero-order valence-electron chi connectivity index (χ0n) is 14.6. The number of hydrogen-bond acceptors (Lipinski definition) is 4. The van der Waals surface area contributed by atoms with E-state index in [1.807, 2.05) is 0 Å². The normalized spacial score (nSPS) is 11.2. The Morgan fingerprint density at radius 2 is 1.52 bits per heavy atom. The van der Waals surface area contributed by atoms with E-state index in [-0.39, 0.29) is 6.42 Å². The van der Waals surface area contributed by atoms with Crippen LogP contribution in [0.25, 0.3) is 10.8 Å². The highest BCUT2D eigenvalue weighted by atomic mass is 32.2. The fraction of sp³-hybridized carbons (Fsp3) is 0.100. The Balaban J connectivity index is 2.12. The van der Waals surface area contributed by atoms with Gasteiger partial charge in [0, 0.05) is 5.56 Å². The highest BCUT2D eigenvalue weighted by Gasteiger charge is 2.25. The van der Waals surface area contributed by atoms with Gasteiger partial charge in [0.05, 0.1) is 4.90 Å². The summed E-state index contributed by atoms with van der Waals surface area (Å²) in [5.74, 6) is -4.52. The number of nitrogens with zero attached hydrogens (tertiary/aromatic N) is 2. The molecule has 0 aliphatic heterocycles. The first-order chi connectivity index (χ1) is 13.7. The molecule has 146 valence electrons. The van der Waals surface area contributed by atoms with Crippen molar-refractivity contribution in [2.75, 3.05) is 0 Å². The van der Waals surface area contributed by atoms with Crippen LogP contribution >= 0.6 is 0 Å². The second-order valence-corrected chi connectivity index (χ2v) is 7.59. The van der Waals surface area contributed by atoms with Gasteiger partial charge in [0.25, 0.3) is 10.1 Å². The Kier molecular flexibility index (Phi) is 5.29. The lowest BCUT2D eigenvalue weighted by atomic mass is 9.95. The summed E-state index contributed by atoms with van der Waals surface area (Å²) in [5, 5.41) is 18.9. The fourth-order valence-electron chi connectivity index (χ4n) is 3.11. The van der Waals surface area contributed by atoms with Crippen molar-refractivity contribution in [3.63, 3.8) is 0 Å². The Labute approximate surface area is 164 Å². The summed E-state index contributed by atoms with van der Waals surface area (Å²) in [5.41, 5.74) is -2.28. The van der Waals surface area contributed by atoms with Crippen molar-refractivity contribution in [3.8, 4) is 12.1 Å². The van der Waals surface area contributed by atoms with Crippen molar-refractivity contribution in [3.05, 3.63) is 76.1 Å². The minimum absolute atomic E-state index is 0.117. The second-order valence-electron chi connectivity index (χ2n) is 6.17. The maximum absolute atomic E-state index is 14.5. The van der Waals surface area contributed by atoms with E-state index in [0.717, 1.165) is 0 Å². The smallest absolute Gasteiger partial charge is 0.282 e. The van der Waals surface area contributed by atoms with Crippen molar-refractivity contribution in [2.45, 2.75) is 17.7 Å². The lowest BCUT2D eigenvalue weighted by Gasteiger charge is -2.12. The number of benzene rings is 3. The van der Waals surface area contributed by atoms with Crippen LogP contribution in [-0.2, 0) is 23.0 Å². The quantitative estimate of drug-likeness (QED) is 0.511. The van der Waals surface area contributed by atoms with Gasteiger partial charge in [-0.2, -0.15) is 18.9 Å².